The van der Waals surface area contributed by atoms with Crippen LogP contribution in [-0.4, -0.2) is 55.1 Å². The molecular formula is C12H27N3. The lowest BCUT2D eigenvalue weighted by Gasteiger charge is -2.44. The summed E-state index contributed by atoms with van der Waals surface area (Å²) >= 11 is 0. The quantitative estimate of drug-likeness (QED) is 0.756. The smallest absolute Gasteiger partial charge is 0.0235 e. The Bertz CT molecular complexity index is 182. The van der Waals surface area contributed by atoms with E-state index in [9.17, 15) is 0 Å². The van der Waals surface area contributed by atoms with Crippen molar-refractivity contribution in [3.05, 3.63) is 0 Å². The van der Waals surface area contributed by atoms with E-state index in [1.807, 2.05) is 0 Å². The molecule has 3 nitrogen and oxygen atoms in total. The maximum absolute atomic E-state index is 5.69. The molecule has 2 N–H and O–H groups in total. The molecule has 0 aromatic heterocycles. The first kappa shape index (κ1) is 12.9. The predicted molar refractivity (Wildman–Crippen MR) is 66.0 cm³/mol. The van der Waals surface area contributed by atoms with E-state index < -0.39 is 0 Å². The molecule has 90 valence electrons. The third kappa shape index (κ3) is 3.74. The molecule has 1 aliphatic heterocycles. The van der Waals surface area contributed by atoms with E-state index in [1.165, 1.54) is 19.6 Å². The maximum atomic E-state index is 5.69. The van der Waals surface area contributed by atoms with E-state index in [0.29, 0.717) is 12.1 Å². The van der Waals surface area contributed by atoms with Gasteiger partial charge in [0.05, 0.1) is 0 Å². The monoisotopic (exact) mass is 213 g/mol. The summed E-state index contributed by atoms with van der Waals surface area (Å²) in [4.78, 5) is 5.08. The minimum atomic E-state index is 0.665. The van der Waals surface area contributed by atoms with Crippen molar-refractivity contribution in [1.82, 2.24) is 9.80 Å². The largest absolute Gasteiger partial charge is 0.330 e. The highest BCUT2D eigenvalue weighted by atomic mass is 15.3. The van der Waals surface area contributed by atoms with Gasteiger partial charge in [0.15, 0.2) is 0 Å². The summed E-state index contributed by atoms with van der Waals surface area (Å²) in [6.45, 7) is 11.3. The van der Waals surface area contributed by atoms with Gasteiger partial charge in [0.2, 0.25) is 0 Å². The number of nitrogens with two attached hydrogens (primary N) is 1. The topological polar surface area (TPSA) is 32.5 Å². The molecule has 2 unspecified atom stereocenters. The molecule has 0 aromatic rings. The van der Waals surface area contributed by atoms with Crippen molar-refractivity contribution in [2.24, 2.45) is 11.7 Å². The summed E-state index contributed by atoms with van der Waals surface area (Å²) in [5.41, 5.74) is 5.69. The van der Waals surface area contributed by atoms with Crippen LogP contribution in [0.4, 0.5) is 0 Å². The van der Waals surface area contributed by atoms with Crippen LogP contribution in [0.3, 0.4) is 0 Å². The molecule has 15 heavy (non-hydrogen) atoms. The number of nitrogens with zero attached hydrogens (tertiary/aromatic N) is 2. The Labute approximate surface area is 94.6 Å². The minimum absolute atomic E-state index is 0.665. The van der Waals surface area contributed by atoms with Crippen LogP contribution in [0.15, 0.2) is 0 Å². The molecule has 1 aliphatic rings. The lowest BCUT2D eigenvalue weighted by molar-refractivity contribution is 0.0409. The fourth-order valence-corrected chi connectivity index (χ4v) is 2.41. The number of hydrogen-bond acceptors (Lipinski definition) is 3. The molecule has 0 saturated carbocycles. The first-order valence-electron chi connectivity index (χ1n) is 6.19. The van der Waals surface area contributed by atoms with Crippen LogP contribution >= 0.6 is 0 Å². The summed E-state index contributed by atoms with van der Waals surface area (Å²) in [7, 11) is 2.22. The first-order chi connectivity index (χ1) is 7.04. The third-order valence-electron chi connectivity index (χ3n) is 3.37. The van der Waals surface area contributed by atoms with Crippen LogP contribution in [0.25, 0.3) is 0 Å². The Morgan fingerprint density at radius 2 is 2.00 bits per heavy atom. The molecule has 0 radical (unpaired) electrons. The number of likely N-dealkylation sites (N-methyl/N-ethyl adjacent to an activating group) is 1. The van der Waals surface area contributed by atoms with E-state index in [2.05, 4.69) is 37.6 Å². The van der Waals surface area contributed by atoms with Gasteiger partial charge in [0, 0.05) is 31.7 Å². The van der Waals surface area contributed by atoms with E-state index in [0.717, 1.165) is 18.9 Å². The van der Waals surface area contributed by atoms with Gasteiger partial charge in [-0.15, -0.1) is 0 Å². The Balaban J connectivity index is 2.55. The summed E-state index contributed by atoms with van der Waals surface area (Å²) in [6.07, 6.45) is 1.13. The zero-order valence-electron chi connectivity index (χ0n) is 10.7. The Kier molecular flexibility index (Phi) is 5.03. The van der Waals surface area contributed by atoms with Gasteiger partial charge in [-0.25, -0.2) is 0 Å². The van der Waals surface area contributed by atoms with Crippen molar-refractivity contribution in [3.8, 4) is 0 Å². The first-order valence-corrected chi connectivity index (χ1v) is 6.19. The number of hydrogen-bond donors (Lipinski definition) is 1. The zero-order valence-corrected chi connectivity index (χ0v) is 10.7. The predicted octanol–water partition coefficient (Wildman–Crippen LogP) is 0.996. The van der Waals surface area contributed by atoms with Gasteiger partial charge in [-0.2, -0.15) is 0 Å². The molecule has 3 heteroatoms. The van der Waals surface area contributed by atoms with Gasteiger partial charge in [-0.1, -0.05) is 13.8 Å². The Hall–Kier alpha value is -0.120. The summed E-state index contributed by atoms with van der Waals surface area (Å²) < 4.78 is 0. The standard InChI is InChI=1S/C12H27N3/c1-10(2)7-15-8-11(3)14(4)9-12(15)5-6-13/h10-12H,5-9,13H2,1-4H3. The minimum Gasteiger partial charge on any atom is -0.330 e. The van der Waals surface area contributed by atoms with Crippen molar-refractivity contribution in [2.75, 3.05) is 33.2 Å². The van der Waals surface area contributed by atoms with Crippen LogP contribution in [0.2, 0.25) is 0 Å². The molecule has 0 bridgehead atoms. The van der Waals surface area contributed by atoms with Gasteiger partial charge in [0.25, 0.3) is 0 Å². The normalized spacial score (nSPS) is 30.0. The van der Waals surface area contributed by atoms with Crippen molar-refractivity contribution in [2.45, 2.75) is 39.3 Å². The summed E-state index contributed by atoms with van der Waals surface area (Å²) in [6, 6.07) is 1.34. The van der Waals surface area contributed by atoms with Crippen molar-refractivity contribution in [1.29, 1.82) is 0 Å². The van der Waals surface area contributed by atoms with Gasteiger partial charge < -0.3 is 10.6 Å². The molecule has 2 atom stereocenters. The summed E-state index contributed by atoms with van der Waals surface area (Å²) in [5, 5.41) is 0. The highest BCUT2D eigenvalue weighted by Crippen LogP contribution is 2.17. The van der Waals surface area contributed by atoms with Crippen LogP contribution < -0.4 is 5.73 Å². The molecular weight excluding hydrogens is 186 g/mol. The summed E-state index contributed by atoms with van der Waals surface area (Å²) in [5.74, 6) is 0.751. The van der Waals surface area contributed by atoms with Gasteiger partial charge in [-0.3, -0.25) is 4.90 Å². The van der Waals surface area contributed by atoms with Gasteiger partial charge in [-0.05, 0) is 32.9 Å². The third-order valence-corrected chi connectivity index (χ3v) is 3.37. The van der Waals surface area contributed by atoms with Crippen LogP contribution in [0.5, 0.6) is 0 Å². The van der Waals surface area contributed by atoms with Crippen molar-refractivity contribution in [3.63, 3.8) is 0 Å². The number of piperazine rings is 1. The van der Waals surface area contributed by atoms with Gasteiger partial charge in [0.1, 0.15) is 0 Å². The molecule has 0 aliphatic carbocycles. The van der Waals surface area contributed by atoms with Crippen LogP contribution in [0.1, 0.15) is 27.2 Å². The SMILES string of the molecule is CC(C)CN1CC(C)N(C)CC1CCN. The molecule has 1 saturated heterocycles. The molecule has 1 rings (SSSR count). The van der Waals surface area contributed by atoms with Crippen LogP contribution in [0, 0.1) is 5.92 Å². The van der Waals surface area contributed by atoms with E-state index in [1.54, 1.807) is 0 Å². The Morgan fingerprint density at radius 1 is 1.33 bits per heavy atom. The van der Waals surface area contributed by atoms with Crippen LogP contribution in [-0.2, 0) is 0 Å². The highest BCUT2D eigenvalue weighted by Gasteiger charge is 2.28. The second-order valence-corrected chi connectivity index (χ2v) is 5.37. The number of rotatable bonds is 4. The fourth-order valence-electron chi connectivity index (χ4n) is 2.41. The lowest BCUT2D eigenvalue weighted by atomic mass is 10.0. The molecule has 1 fully saturated rings. The van der Waals surface area contributed by atoms with Crippen molar-refractivity contribution >= 4 is 0 Å². The van der Waals surface area contributed by atoms with E-state index in [-0.39, 0.29) is 0 Å². The highest BCUT2D eigenvalue weighted by molar-refractivity contribution is 4.85. The average Bonchev–Trinajstić information content (AvgIpc) is 2.13. The maximum Gasteiger partial charge on any atom is 0.0235 e. The fraction of sp³-hybridized carbons (Fsp3) is 1.00. The second-order valence-electron chi connectivity index (χ2n) is 5.37. The molecule has 0 amide bonds. The second kappa shape index (κ2) is 5.83. The molecule has 0 aromatic carbocycles. The molecule has 0 spiro atoms. The average molecular weight is 213 g/mol. The molecule has 1 heterocycles. The Morgan fingerprint density at radius 3 is 2.53 bits per heavy atom. The van der Waals surface area contributed by atoms with E-state index >= 15 is 0 Å². The lowest BCUT2D eigenvalue weighted by Crippen LogP contribution is -2.57. The zero-order chi connectivity index (χ0) is 11.4. The van der Waals surface area contributed by atoms with Crippen molar-refractivity contribution < 1.29 is 0 Å². The van der Waals surface area contributed by atoms with Gasteiger partial charge >= 0.3 is 0 Å². The van der Waals surface area contributed by atoms with E-state index in [4.69, 9.17) is 5.73 Å².